The summed E-state index contributed by atoms with van der Waals surface area (Å²) >= 11 is 1.23. The number of nitro groups is 1. The molecule has 2 aromatic carbocycles. The first kappa shape index (κ1) is 17.7. The van der Waals surface area contributed by atoms with Crippen molar-refractivity contribution < 1.29 is 14.5 Å². The zero-order chi connectivity index (χ0) is 18.5. The molecule has 0 fully saturated rings. The van der Waals surface area contributed by atoms with Gasteiger partial charge in [0.25, 0.3) is 5.69 Å². The van der Waals surface area contributed by atoms with Crippen LogP contribution in [0, 0.1) is 10.1 Å². The Morgan fingerprint density at radius 3 is 2.77 bits per heavy atom. The SMILES string of the molecule is CCOc1ccc(NC(=O)CSc2nc3ccc([N+](=O)[O-])cc3[nH]2)cc1. The summed E-state index contributed by atoms with van der Waals surface area (Å²) < 4.78 is 5.35. The summed E-state index contributed by atoms with van der Waals surface area (Å²) in [4.78, 5) is 29.7. The number of amides is 1. The fourth-order valence-corrected chi connectivity index (χ4v) is 2.97. The molecule has 3 rings (SSSR count). The highest BCUT2D eigenvalue weighted by Gasteiger charge is 2.11. The van der Waals surface area contributed by atoms with Gasteiger partial charge in [-0.2, -0.15) is 0 Å². The van der Waals surface area contributed by atoms with E-state index in [-0.39, 0.29) is 17.3 Å². The topological polar surface area (TPSA) is 110 Å². The van der Waals surface area contributed by atoms with Crippen molar-refractivity contribution in [2.75, 3.05) is 17.7 Å². The molecule has 2 N–H and O–H groups in total. The fourth-order valence-electron chi connectivity index (χ4n) is 2.29. The van der Waals surface area contributed by atoms with E-state index in [1.165, 1.54) is 23.9 Å². The molecule has 0 saturated carbocycles. The predicted octanol–water partition coefficient (Wildman–Crippen LogP) is 3.60. The molecule has 8 nitrogen and oxygen atoms in total. The van der Waals surface area contributed by atoms with Gasteiger partial charge in [-0.1, -0.05) is 11.8 Å². The lowest BCUT2D eigenvalue weighted by atomic mass is 10.3. The number of carbonyl (C=O) groups is 1. The zero-order valence-corrected chi connectivity index (χ0v) is 14.7. The molecule has 3 aromatic rings. The maximum Gasteiger partial charge on any atom is 0.271 e. The number of nitrogens with zero attached hydrogens (tertiary/aromatic N) is 2. The van der Waals surface area contributed by atoms with E-state index in [1.54, 1.807) is 30.3 Å². The number of H-pyrrole nitrogens is 1. The van der Waals surface area contributed by atoms with Crippen molar-refractivity contribution in [2.24, 2.45) is 0 Å². The van der Waals surface area contributed by atoms with E-state index in [9.17, 15) is 14.9 Å². The third-order valence-electron chi connectivity index (χ3n) is 3.44. The number of aromatic nitrogens is 2. The van der Waals surface area contributed by atoms with E-state index in [0.29, 0.717) is 28.5 Å². The lowest BCUT2D eigenvalue weighted by Gasteiger charge is -2.06. The Bertz CT molecular complexity index is 940. The highest BCUT2D eigenvalue weighted by Crippen LogP contribution is 2.23. The van der Waals surface area contributed by atoms with Gasteiger partial charge in [0.1, 0.15) is 5.75 Å². The van der Waals surface area contributed by atoms with Crippen LogP contribution in [0.1, 0.15) is 6.92 Å². The van der Waals surface area contributed by atoms with Crippen LogP contribution in [0.2, 0.25) is 0 Å². The van der Waals surface area contributed by atoms with Crippen molar-refractivity contribution in [1.82, 2.24) is 9.97 Å². The molecule has 0 saturated heterocycles. The van der Waals surface area contributed by atoms with E-state index >= 15 is 0 Å². The molecule has 0 bridgehead atoms. The number of ether oxygens (including phenoxy) is 1. The Labute approximate surface area is 153 Å². The van der Waals surface area contributed by atoms with Gasteiger partial charge in [0.2, 0.25) is 5.91 Å². The van der Waals surface area contributed by atoms with Gasteiger partial charge in [-0.05, 0) is 37.3 Å². The average molecular weight is 372 g/mol. The maximum atomic E-state index is 12.1. The summed E-state index contributed by atoms with van der Waals surface area (Å²) in [5, 5.41) is 14.1. The number of imidazole rings is 1. The van der Waals surface area contributed by atoms with Crippen LogP contribution >= 0.6 is 11.8 Å². The van der Waals surface area contributed by atoms with Gasteiger partial charge in [-0.25, -0.2) is 4.98 Å². The predicted molar refractivity (Wildman–Crippen MR) is 99.7 cm³/mol. The summed E-state index contributed by atoms with van der Waals surface area (Å²) in [6.07, 6.45) is 0. The Kier molecular flexibility index (Phi) is 5.37. The highest BCUT2D eigenvalue weighted by molar-refractivity contribution is 7.99. The number of fused-ring (bicyclic) bond motifs is 1. The molecule has 1 heterocycles. The molecule has 0 unspecified atom stereocenters. The molecular formula is C17H16N4O4S. The van der Waals surface area contributed by atoms with Crippen molar-refractivity contribution in [1.29, 1.82) is 0 Å². The van der Waals surface area contributed by atoms with Gasteiger partial charge in [0, 0.05) is 17.8 Å². The van der Waals surface area contributed by atoms with Crippen molar-refractivity contribution in [3.8, 4) is 5.75 Å². The van der Waals surface area contributed by atoms with Crippen LogP contribution in [0.25, 0.3) is 11.0 Å². The summed E-state index contributed by atoms with van der Waals surface area (Å²) in [6, 6.07) is 11.5. The monoisotopic (exact) mass is 372 g/mol. The molecule has 1 amide bonds. The van der Waals surface area contributed by atoms with E-state index in [1.807, 2.05) is 6.92 Å². The Morgan fingerprint density at radius 1 is 1.31 bits per heavy atom. The molecule has 0 spiro atoms. The lowest BCUT2D eigenvalue weighted by Crippen LogP contribution is -2.14. The third kappa shape index (κ3) is 4.31. The molecule has 26 heavy (non-hydrogen) atoms. The molecule has 9 heteroatoms. The van der Waals surface area contributed by atoms with Gasteiger partial charge >= 0.3 is 0 Å². The standard InChI is InChI=1S/C17H16N4O4S/c1-2-25-13-6-3-11(4-7-13)18-16(22)10-26-17-19-14-8-5-12(21(23)24)9-15(14)20-17/h3-9H,2,10H2,1H3,(H,18,22)(H,19,20). The second-order valence-electron chi connectivity index (χ2n) is 5.29. The number of hydrogen-bond donors (Lipinski definition) is 2. The van der Waals surface area contributed by atoms with Crippen LogP contribution in [0.5, 0.6) is 5.75 Å². The number of hydrogen-bond acceptors (Lipinski definition) is 6. The van der Waals surface area contributed by atoms with Crippen molar-refractivity contribution in [3.05, 3.63) is 52.6 Å². The van der Waals surface area contributed by atoms with Crippen LogP contribution in [0.4, 0.5) is 11.4 Å². The normalized spacial score (nSPS) is 10.7. The van der Waals surface area contributed by atoms with Crippen LogP contribution < -0.4 is 10.1 Å². The molecule has 0 aliphatic rings. The summed E-state index contributed by atoms with van der Waals surface area (Å²) in [7, 11) is 0. The number of rotatable bonds is 7. The third-order valence-corrected chi connectivity index (χ3v) is 4.32. The number of nitrogens with one attached hydrogen (secondary N) is 2. The molecule has 0 aliphatic heterocycles. The smallest absolute Gasteiger partial charge is 0.271 e. The first-order valence-corrected chi connectivity index (χ1v) is 8.83. The van der Waals surface area contributed by atoms with Gasteiger partial charge < -0.3 is 15.0 Å². The number of benzene rings is 2. The first-order chi connectivity index (χ1) is 12.5. The van der Waals surface area contributed by atoms with Crippen molar-refractivity contribution >= 4 is 40.1 Å². The lowest BCUT2D eigenvalue weighted by molar-refractivity contribution is -0.384. The van der Waals surface area contributed by atoms with Crippen molar-refractivity contribution in [3.63, 3.8) is 0 Å². The van der Waals surface area contributed by atoms with Crippen LogP contribution in [-0.2, 0) is 4.79 Å². The molecule has 134 valence electrons. The second-order valence-corrected chi connectivity index (χ2v) is 6.26. The Balaban J connectivity index is 1.58. The van der Waals surface area contributed by atoms with E-state index in [4.69, 9.17) is 4.74 Å². The van der Waals surface area contributed by atoms with Gasteiger partial charge in [0.05, 0.1) is 28.3 Å². The molecule has 0 atom stereocenters. The van der Waals surface area contributed by atoms with E-state index in [0.717, 1.165) is 5.75 Å². The van der Waals surface area contributed by atoms with Crippen LogP contribution in [0.15, 0.2) is 47.6 Å². The number of non-ortho nitro benzene ring substituents is 1. The molecule has 1 aromatic heterocycles. The van der Waals surface area contributed by atoms with Crippen molar-refractivity contribution in [2.45, 2.75) is 12.1 Å². The molecular weight excluding hydrogens is 356 g/mol. The van der Waals surface area contributed by atoms with Crippen LogP contribution in [0.3, 0.4) is 0 Å². The molecule has 0 aliphatic carbocycles. The molecule has 0 radical (unpaired) electrons. The highest BCUT2D eigenvalue weighted by atomic mass is 32.2. The zero-order valence-electron chi connectivity index (χ0n) is 13.9. The van der Waals surface area contributed by atoms with Gasteiger partial charge in [-0.3, -0.25) is 14.9 Å². The number of aromatic amines is 1. The second kappa shape index (κ2) is 7.87. The fraction of sp³-hybridized carbons (Fsp3) is 0.176. The number of carbonyl (C=O) groups excluding carboxylic acids is 1. The van der Waals surface area contributed by atoms with E-state index in [2.05, 4.69) is 15.3 Å². The number of anilines is 1. The van der Waals surface area contributed by atoms with Crippen LogP contribution in [-0.4, -0.2) is 33.2 Å². The minimum Gasteiger partial charge on any atom is -0.494 e. The summed E-state index contributed by atoms with van der Waals surface area (Å²) in [5.41, 5.74) is 1.85. The minimum atomic E-state index is -0.461. The first-order valence-electron chi connectivity index (χ1n) is 7.85. The van der Waals surface area contributed by atoms with Gasteiger partial charge in [-0.15, -0.1) is 0 Å². The largest absolute Gasteiger partial charge is 0.494 e. The average Bonchev–Trinajstić information content (AvgIpc) is 3.04. The summed E-state index contributed by atoms with van der Waals surface area (Å²) in [6.45, 7) is 2.49. The Morgan fingerprint density at radius 2 is 2.08 bits per heavy atom. The van der Waals surface area contributed by atoms with E-state index < -0.39 is 4.92 Å². The summed E-state index contributed by atoms with van der Waals surface area (Å²) in [5.74, 6) is 0.733. The number of thioether (sulfide) groups is 1. The Hall–Kier alpha value is -3.07. The van der Waals surface area contributed by atoms with Gasteiger partial charge in [0.15, 0.2) is 5.16 Å². The quantitative estimate of drug-likeness (QED) is 0.372. The minimum absolute atomic E-state index is 0.00839. The number of nitro benzene ring substituents is 1. The maximum absolute atomic E-state index is 12.1.